The molecule has 4 rings (SSSR count). The Labute approximate surface area is 165 Å². The van der Waals surface area contributed by atoms with Gasteiger partial charge < -0.3 is 5.32 Å². The quantitative estimate of drug-likeness (QED) is 0.507. The zero-order chi connectivity index (χ0) is 19.2. The Morgan fingerprint density at radius 1 is 0.929 bits per heavy atom. The minimum absolute atomic E-state index is 0.217. The van der Waals surface area contributed by atoms with E-state index in [1.165, 1.54) is 16.7 Å². The van der Waals surface area contributed by atoms with Crippen molar-refractivity contribution in [3.8, 4) is 11.3 Å². The minimum atomic E-state index is 0.217. The summed E-state index contributed by atoms with van der Waals surface area (Å²) < 4.78 is 2.03. The number of pyridine rings is 1. The van der Waals surface area contributed by atoms with Gasteiger partial charge in [0, 0.05) is 42.3 Å². The number of benzene rings is 2. The number of hydrogen-bond acceptors (Lipinski definition) is 3. The van der Waals surface area contributed by atoms with Crippen molar-refractivity contribution in [1.29, 1.82) is 0 Å². The van der Waals surface area contributed by atoms with Gasteiger partial charge >= 0.3 is 0 Å². The van der Waals surface area contributed by atoms with E-state index in [1.807, 2.05) is 29.1 Å². The Morgan fingerprint density at radius 2 is 1.68 bits per heavy atom. The second-order valence-corrected chi connectivity index (χ2v) is 6.94. The first-order valence-corrected chi connectivity index (χ1v) is 9.58. The SMILES string of the molecule is CC(NCc1cn(Cc2ccccc2)nc1-c1ccccc1)c1cccnc1. The smallest absolute Gasteiger partial charge is 0.0968 e. The van der Waals surface area contributed by atoms with E-state index in [4.69, 9.17) is 5.10 Å². The molecule has 0 bridgehead atoms. The molecule has 0 aliphatic rings. The molecule has 0 aliphatic heterocycles. The predicted molar refractivity (Wildman–Crippen MR) is 113 cm³/mol. The maximum Gasteiger partial charge on any atom is 0.0968 e. The molecule has 0 aliphatic carbocycles. The first-order valence-electron chi connectivity index (χ1n) is 9.58. The molecule has 1 atom stereocenters. The van der Waals surface area contributed by atoms with Crippen molar-refractivity contribution < 1.29 is 0 Å². The molecule has 28 heavy (non-hydrogen) atoms. The molecule has 4 aromatic rings. The molecule has 140 valence electrons. The minimum Gasteiger partial charge on any atom is -0.306 e. The molecule has 2 aromatic heterocycles. The van der Waals surface area contributed by atoms with Crippen LogP contribution in [0.4, 0.5) is 0 Å². The van der Waals surface area contributed by atoms with Crippen LogP contribution in [0.2, 0.25) is 0 Å². The first kappa shape index (κ1) is 18.1. The Bertz CT molecular complexity index is 995. The summed E-state index contributed by atoms with van der Waals surface area (Å²) >= 11 is 0. The molecule has 0 radical (unpaired) electrons. The number of nitrogens with one attached hydrogen (secondary N) is 1. The van der Waals surface area contributed by atoms with Gasteiger partial charge in [0.25, 0.3) is 0 Å². The Balaban J connectivity index is 1.57. The topological polar surface area (TPSA) is 42.7 Å². The maximum absolute atomic E-state index is 4.89. The second kappa shape index (κ2) is 8.63. The average molecular weight is 368 g/mol. The molecule has 2 heterocycles. The van der Waals surface area contributed by atoms with E-state index in [0.29, 0.717) is 0 Å². The van der Waals surface area contributed by atoms with Crippen molar-refractivity contribution in [1.82, 2.24) is 20.1 Å². The lowest BCUT2D eigenvalue weighted by molar-refractivity contribution is 0.573. The molecule has 1 unspecified atom stereocenters. The third-order valence-electron chi connectivity index (χ3n) is 4.86. The highest BCUT2D eigenvalue weighted by molar-refractivity contribution is 5.62. The third-order valence-corrected chi connectivity index (χ3v) is 4.86. The number of rotatable bonds is 7. The van der Waals surface area contributed by atoms with E-state index in [2.05, 4.69) is 78.0 Å². The van der Waals surface area contributed by atoms with Crippen LogP contribution in [0.25, 0.3) is 11.3 Å². The van der Waals surface area contributed by atoms with Gasteiger partial charge in [0.2, 0.25) is 0 Å². The molecule has 0 fully saturated rings. The summed E-state index contributed by atoms with van der Waals surface area (Å²) in [5.74, 6) is 0. The van der Waals surface area contributed by atoms with Gasteiger partial charge in [-0.1, -0.05) is 66.7 Å². The van der Waals surface area contributed by atoms with Crippen LogP contribution in [0.15, 0.2) is 91.4 Å². The van der Waals surface area contributed by atoms with Gasteiger partial charge in [0.15, 0.2) is 0 Å². The zero-order valence-electron chi connectivity index (χ0n) is 16.0. The number of nitrogens with zero attached hydrogens (tertiary/aromatic N) is 3. The largest absolute Gasteiger partial charge is 0.306 e. The lowest BCUT2D eigenvalue weighted by Gasteiger charge is -2.13. The molecule has 0 amide bonds. The van der Waals surface area contributed by atoms with E-state index in [0.717, 1.165) is 24.3 Å². The van der Waals surface area contributed by atoms with Crippen LogP contribution in [-0.2, 0) is 13.1 Å². The molecule has 0 saturated heterocycles. The maximum atomic E-state index is 4.89. The van der Waals surface area contributed by atoms with Gasteiger partial charge in [-0.25, -0.2) is 0 Å². The standard InChI is InChI=1S/C24H24N4/c1-19(22-13-8-14-25-15-22)26-16-23-18-28(17-20-9-4-2-5-10-20)27-24(23)21-11-6-3-7-12-21/h2-15,18-19,26H,16-17H2,1H3. The highest BCUT2D eigenvalue weighted by atomic mass is 15.3. The predicted octanol–water partition coefficient (Wildman–Crippen LogP) is 4.84. The van der Waals surface area contributed by atoms with E-state index in [-0.39, 0.29) is 6.04 Å². The normalized spacial score (nSPS) is 12.0. The van der Waals surface area contributed by atoms with E-state index >= 15 is 0 Å². The Kier molecular flexibility index (Phi) is 5.59. The van der Waals surface area contributed by atoms with Gasteiger partial charge in [-0.2, -0.15) is 5.10 Å². The van der Waals surface area contributed by atoms with Gasteiger partial charge in [-0.05, 0) is 24.1 Å². The van der Waals surface area contributed by atoms with Crippen LogP contribution in [-0.4, -0.2) is 14.8 Å². The van der Waals surface area contributed by atoms with Crippen molar-refractivity contribution in [3.05, 3.63) is 108 Å². The summed E-state index contributed by atoms with van der Waals surface area (Å²) in [5, 5.41) is 8.50. The highest BCUT2D eigenvalue weighted by Gasteiger charge is 2.13. The van der Waals surface area contributed by atoms with Crippen LogP contribution in [0.5, 0.6) is 0 Å². The fourth-order valence-corrected chi connectivity index (χ4v) is 3.30. The van der Waals surface area contributed by atoms with Gasteiger partial charge in [-0.3, -0.25) is 9.67 Å². The zero-order valence-corrected chi connectivity index (χ0v) is 16.0. The Hall–Kier alpha value is -3.24. The molecule has 2 aromatic carbocycles. The summed E-state index contributed by atoms with van der Waals surface area (Å²) in [5.41, 5.74) is 5.79. The molecule has 4 nitrogen and oxygen atoms in total. The molecule has 1 N–H and O–H groups in total. The van der Waals surface area contributed by atoms with Crippen LogP contribution in [0.3, 0.4) is 0 Å². The lowest BCUT2D eigenvalue weighted by Crippen LogP contribution is -2.18. The molecule has 0 saturated carbocycles. The number of hydrogen-bond donors (Lipinski definition) is 1. The summed E-state index contributed by atoms with van der Waals surface area (Å²) in [6.45, 7) is 3.67. The third kappa shape index (κ3) is 4.35. The fourth-order valence-electron chi connectivity index (χ4n) is 3.30. The number of aromatic nitrogens is 3. The Morgan fingerprint density at radius 3 is 2.39 bits per heavy atom. The second-order valence-electron chi connectivity index (χ2n) is 6.94. The molecule has 0 spiro atoms. The van der Waals surface area contributed by atoms with Gasteiger partial charge in [0.05, 0.1) is 12.2 Å². The van der Waals surface area contributed by atoms with Crippen LogP contribution in [0.1, 0.15) is 29.7 Å². The lowest BCUT2D eigenvalue weighted by atomic mass is 10.1. The van der Waals surface area contributed by atoms with E-state index < -0.39 is 0 Å². The van der Waals surface area contributed by atoms with Crippen LogP contribution >= 0.6 is 0 Å². The van der Waals surface area contributed by atoms with E-state index in [9.17, 15) is 0 Å². The summed E-state index contributed by atoms with van der Waals surface area (Å²) in [6, 6.07) is 25.1. The van der Waals surface area contributed by atoms with Crippen LogP contribution < -0.4 is 5.32 Å². The van der Waals surface area contributed by atoms with Crippen molar-refractivity contribution in [2.75, 3.05) is 0 Å². The van der Waals surface area contributed by atoms with Gasteiger partial charge in [-0.15, -0.1) is 0 Å². The van der Waals surface area contributed by atoms with Crippen molar-refractivity contribution in [3.63, 3.8) is 0 Å². The monoisotopic (exact) mass is 368 g/mol. The summed E-state index contributed by atoms with van der Waals surface area (Å²) in [7, 11) is 0. The average Bonchev–Trinajstić information content (AvgIpc) is 3.16. The summed E-state index contributed by atoms with van der Waals surface area (Å²) in [4.78, 5) is 4.22. The molecular weight excluding hydrogens is 344 g/mol. The van der Waals surface area contributed by atoms with Crippen molar-refractivity contribution in [2.24, 2.45) is 0 Å². The first-order chi connectivity index (χ1) is 13.8. The van der Waals surface area contributed by atoms with Crippen LogP contribution in [0, 0.1) is 0 Å². The highest BCUT2D eigenvalue weighted by Crippen LogP contribution is 2.23. The molecule has 4 heteroatoms. The fraction of sp³-hybridized carbons (Fsp3) is 0.167. The summed E-state index contributed by atoms with van der Waals surface area (Å²) in [6.07, 6.45) is 5.87. The van der Waals surface area contributed by atoms with Crippen molar-refractivity contribution >= 4 is 0 Å². The van der Waals surface area contributed by atoms with Gasteiger partial charge in [0.1, 0.15) is 0 Å². The van der Waals surface area contributed by atoms with Crippen molar-refractivity contribution in [2.45, 2.75) is 26.1 Å². The van der Waals surface area contributed by atoms with E-state index in [1.54, 1.807) is 6.20 Å². The molecular formula is C24H24N4.